The molecule has 0 radical (unpaired) electrons. The molecule has 0 heterocycles. The van der Waals surface area contributed by atoms with Crippen LogP contribution in [-0.2, 0) is 4.79 Å². The second-order valence-electron chi connectivity index (χ2n) is 7.31. The predicted molar refractivity (Wildman–Crippen MR) is 102 cm³/mol. The maximum Gasteiger partial charge on any atom is 0.232 e. The Morgan fingerprint density at radius 1 is 0.962 bits per heavy atom. The van der Waals surface area contributed by atoms with Crippen molar-refractivity contribution in [1.82, 2.24) is 4.90 Å². The molecule has 2 aromatic carbocycles. The van der Waals surface area contributed by atoms with Gasteiger partial charge in [0.05, 0.1) is 11.5 Å². The van der Waals surface area contributed by atoms with E-state index in [1.165, 1.54) is 0 Å². The van der Waals surface area contributed by atoms with E-state index in [0.29, 0.717) is 18.6 Å². The van der Waals surface area contributed by atoms with E-state index in [1.54, 1.807) is 19.0 Å². The molecule has 1 aliphatic carbocycles. The van der Waals surface area contributed by atoms with E-state index < -0.39 is 11.5 Å². The standard InChI is InChI=1S/C22H27NO3/c1-23(2)21(24)20(22(25)15-7-4-8-16-22)17-11-13-19(14-12-17)26-18-9-5-3-6-10-18/h3,5-6,9-14,20,25H,4,7-8,15-16H2,1-2H3. The lowest BCUT2D eigenvalue weighted by atomic mass is 9.72. The van der Waals surface area contributed by atoms with Gasteiger partial charge in [-0.05, 0) is 42.7 Å². The lowest BCUT2D eigenvalue weighted by molar-refractivity contribution is -0.139. The van der Waals surface area contributed by atoms with Gasteiger partial charge in [0.2, 0.25) is 5.91 Å². The lowest BCUT2D eigenvalue weighted by Gasteiger charge is -2.39. The van der Waals surface area contributed by atoms with Crippen LogP contribution in [0, 0.1) is 0 Å². The summed E-state index contributed by atoms with van der Waals surface area (Å²) in [6, 6.07) is 17.1. The molecule has 4 heteroatoms. The molecule has 0 saturated heterocycles. The van der Waals surface area contributed by atoms with Gasteiger partial charge in [-0.2, -0.15) is 0 Å². The van der Waals surface area contributed by atoms with E-state index >= 15 is 0 Å². The molecule has 1 aliphatic rings. The van der Waals surface area contributed by atoms with Crippen LogP contribution in [0.4, 0.5) is 0 Å². The Morgan fingerprint density at radius 2 is 1.54 bits per heavy atom. The number of nitrogens with zero attached hydrogens (tertiary/aromatic N) is 1. The molecule has 0 aliphatic heterocycles. The zero-order valence-electron chi connectivity index (χ0n) is 15.5. The summed E-state index contributed by atoms with van der Waals surface area (Å²) < 4.78 is 5.83. The van der Waals surface area contributed by atoms with Gasteiger partial charge >= 0.3 is 0 Å². The van der Waals surface area contributed by atoms with Crippen molar-refractivity contribution in [3.05, 3.63) is 60.2 Å². The van der Waals surface area contributed by atoms with E-state index in [9.17, 15) is 9.90 Å². The predicted octanol–water partition coefficient (Wildman–Crippen LogP) is 4.35. The largest absolute Gasteiger partial charge is 0.457 e. The number of para-hydroxylation sites is 1. The summed E-state index contributed by atoms with van der Waals surface area (Å²) in [5, 5.41) is 11.2. The second-order valence-corrected chi connectivity index (χ2v) is 7.31. The molecule has 1 saturated carbocycles. The van der Waals surface area contributed by atoms with Gasteiger partial charge in [-0.3, -0.25) is 4.79 Å². The Kier molecular flexibility index (Phi) is 5.62. The van der Waals surface area contributed by atoms with Gasteiger partial charge in [0, 0.05) is 14.1 Å². The molecule has 3 rings (SSSR count). The van der Waals surface area contributed by atoms with E-state index in [4.69, 9.17) is 4.74 Å². The van der Waals surface area contributed by atoms with Crippen molar-refractivity contribution in [2.24, 2.45) is 0 Å². The Balaban J connectivity index is 1.85. The maximum absolute atomic E-state index is 12.9. The number of hydrogen-bond donors (Lipinski definition) is 1. The number of carbonyl (C=O) groups is 1. The molecule has 2 aromatic rings. The molecule has 1 fully saturated rings. The summed E-state index contributed by atoms with van der Waals surface area (Å²) >= 11 is 0. The Hall–Kier alpha value is -2.33. The second kappa shape index (κ2) is 7.92. The van der Waals surface area contributed by atoms with Gasteiger partial charge in [-0.25, -0.2) is 0 Å². The van der Waals surface area contributed by atoms with E-state index in [-0.39, 0.29) is 5.91 Å². The van der Waals surface area contributed by atoms with Crippen LogP contribution in [0.15, 0.2) is 54.6 Å². The molecule has 1 N–H and O–H groups in total. The van der Waals surface area contributed by atoms with Crippen molar-refractivity contribution < 1.29 is 14.6 Å². The Bertz CT molecular complexity index is 719. The first-order chi connectivity index (χ1) is 12.5. The minimum atomic E-state index is -0.971. The molecular formula is C22H27NO3. The Labute approximate surface area is 155 Å². The number of hydrogen-bond acceptors (Lipinski definition) is 3. The summed E-state index contributed by atoms with van der Waals surface area (Å²) in [6.45, 7) is 0. The molecular weight excluding hydrogens is 326 g/mol. The minimum absolute atomic E-state index is 0.0499. The van der Waals surface area contributed by atoms with Crippen LogP contribution in [0.5, 0.6) is 11.5 Å². The van der Waals surface area contributed by atoms with Crippen molar-refractivity contribution >= 4 is 5.91 Å². The molecule has 138 valence electrons. The molecule has 1 unspecified atom stereocenters. The first-order valence-corrected chi connectivity index (χ1v) is 9.26. The molecule has 0 bridgehead atoms. The van der Waals surface area contributed by atoms with E-state index in [2.05, 4.69) is 0 Å². The van der Waals surface area contributed by atoms with Gasteiger partial charge in [0.1, 0.15) is 11.5 Å². The third kappa shape index (κ3) is 4.07. The molecule has 1 atom stereocenters. The highest BCUT2D eigenvalue weighted by Gasteiger charge is 2.43. The highest BCUT2D eigenvalue weighted by Crippen LogP contribution is 2.41. The highest BCUT2D eigenvalue weighted by molar-refractivity contribution is 5.84. The number of rotatable bonds is 5. The molecule has 4 nitrogen and oxygen atoms in total. The monoisotopic (exact) mass is 353 g/mol. The van der Waals surface area contributed by atoms with Crippen molar-refractivity contribution in [1.29, 1.82) is 0 Å². The third-order valence-electron chi connectivity index (χ3n) is 5.14. The average Bonchev–Trinajstić information content (AvgIpc) is 2.64. The third-order valence-corrected chi connectivity index (χ3v) is 5.14. The van der Waals surface area contributed by atoms with Crippen molar-refractivity contribution in [2.75, 3.05) is 14.1 Å². The molecule has 0 aromatic heterocycles. The molecule has 26 heavy (non-hydrogen) atoms. The highest BCUT2D eigenvalue weighted by atomic mass is 16.5. The van der Waals surface area contributed by atoms with Crippen LogP contribution in [-0.4, -0.2) is 35.6 Å². The minimum Gasteiger partial charge on any atom is -0.457 e. The summed E-state index contributed by atoms with van der Waals surface area (Å²) in [5.74, 6) is 0.897. The number of likely N-dealkylation sites (N-methyl/N-ethyl adjacent to an activating group) is 1. The van der Waals surface area contributed by atoms with Gasteiger partial charge in [-0.15, -0.1) is 0 Å². The summed E-state index contributed by atoms with van der Waals surface area (Å²) in [6.07, 6.45) is 4.37. The summed E-state index contributed by atoms with van der Waals surface area (Å²) in [4.78, 5) is 14.4. The van der Waals surface area contributed by atoms with Crippen LogP contribution in [0.25, 0.3) is 0 Å². The SMILES string of the molecule is CN(C)C(=O)C(c1ccc(Oc2ccccc2)cc1)C1(O)CCCCC1. The number of ether oxygens (including phenoxy) is 1. The van der Waals surface area contributed by atoms with Crippen molar-refractivity contribution in [3.63, 3.8) is 0 Å². The van der Waals surface area contributed by atoms with Gasteiger partial charge in [0.25, 0.3) is 0 Å². The smallest absolute Gasteiger partial charge is 0.232 e. The zero-order valence-corrected chi connectivity index (χ0v) is 15.5. The Morgan fingerprint density at radius 3 is 2.12 bits per heavy atom. The number of amides is 1. The zero-order chi connectivity index (χ0) is 18.6. The van der Waals surface area contributed by atoms with Crippen molar-refractivity contribution in [2.45, 2.75) is 43.6 Å². The van der Waals surface area contributed by atoms with Crippen LogP contribution in [0.3, 0.4) is 0 Å². The van der Waals surface area contributed by atoms with E-state index in [0.717, 1.165) is 30.6 Å². The number of benzene rings is 2. The fraction of sp³-hybridized carbons (Fsp3) is 0.409. The van der Waals surface area contributed by atoms with Crippen LogP contribution in [0.2, 0.25) is 0 Å². The quantitative estimate of drug-likeness (QED) is 0.869. The fourth-order valence-electron chi connectivity index (χ4n) is 3.75. The number of carbonyl (C=O) groups excluding carboxylic acids is 1. The first kappa shape index (κ1) is 18.5. The summed E-state index contributed by atoms with van der Waals surface area (Å²) in [5.41, 5.74) is -0.130. The number of aliphatic hydroxyl groups is 1. The average molecular weight is 353 g/mol. The molecule has 1 amide bonds. The van der Waals surface area contributed by atoms with Crippen molar-refractivity contribution in [3.8, 4) is 11.5 Å². The van der Waals surface area contributed by atoms with Gasteiger partial charge in [-0.1, -0.05) is 49.6 Å². The molecule has 0 spiro atoms. The van der Waals surface area contributed by atoms with Gasteiger partial charge in [0.15, 0.2) is 0 Å². The normalized spacial score (nSPS) is 17.3. The first-order valence-electron chi connectivity index (χ1n) is 9.26. The maximum atomic E-state index is 12.9. The fourth-order valence-corrected chi connectivity index (χ4v) is 3.75. The van der Waals surface area contributed by atoms with Crippen LogP contribution in [0.1, 0.15) is 43.6 Å². The van der Waals surface area contributed by atoms with Crippen LogP contribution >= 0.6 is 0 Å². The summed E-state index contributed by atoms with van der Waals surface area (Å²) in [7, 11) is 3.49. The van der Waals surface area contributed by atoms with Gasteiger partial charge < -0.3 is 14.7 Å². The lowest BCUT2D eigenvalue weighted by Crippen LogP contribution is -2.46. The topological polar surface area (TPSA) is 49.8 Å². The van der Waals surface area contributed by atoms with E-state index in [1.807, 2.05) is 54.6 Å². The van der Waals surface area contributed by atoms with Crippen LogP contribution < -0.4 is 4.74 Å².